The maximum Gasteiger partial charge on any atom is 0.227 e. The van der Waals surface area contributed by atoms with Crippen molar-refractivity contribution in [2.75, 3.05) is 7.11 Å². The molecule has 0 unspecified atom stereocenters. The first-order chi connectivity index (χ1) is 8.67. The summed E-state index contributed by atoms with van der Waals surface area (Å²) in [6.07, 6.45) is 3.38. The Labute approximate surface area is 108 Å². The average molecular weight is 245 g/mol. The number of aryl methyl sites for hydroxylation is 2. The number of hydrogen-bond donors (Lipinski definition) is 0. The molecule has 3 nitrogen and oxygen atoms in total. The van der Waals surface area contributed by atoms with Crippen LogP contribution in [0.4, 0.5) is 0 Å². The van der Waals surface area contributed by atoms with Crippen LogP contribution in [0.5, 0.6) is 5.75 Å². The van der Waals surface area contributed by atoms with Crippen molar-refractivity contribution in [1.82, 2.24) is 0 Å². The fourth-order valence-electron chi connectivity index (χ4n) is 2.18. The summed E-state index contributed by atoms with van der Waals surface area (Å²) in [6, 6.07) is 7.78. The Balaban J connectivity index is 2.57. The molecule has 2 aromatic rings. The summed E-state index contributed by atoms with van der Waals surface area (Å²) in [7, 11) is 1.64. The Morgan fingerprint density at radius 2 is 2.06 bits per heavy atom. The minimum atomic E-state index is 0.653. The molecule has 3 heteroatoms. The zero-order chi connectivity index (χ0) is 13.1. The monoisotopic (exact) mass is 245 g/mol. The minimum Gasteiger partial charge on any atom is -0.618 e. The van der Waals surface area contributed by atoms with Crippen LogP contribution in [0.15, 0.2) is 24.3 Å². The van der Waals surface area contributed by atoms with E-state index in [0.717, 1.165) is 28.7 Å². The molecule has 1 heterocycles. The fraction of sp³-hybridized carbons (Fsp3) is 0.400. The van der Waals surface area contributed by atoms with Crippen LogP contribution < -0.4 is 9.47 Å². The largest absolute Gasteiger partial charge is 0.618 e. The van der Waals surface area contributed by atoms with Gasteiger partial charge in [-0.05, 0) is 24.5 Å². The van der Waals surface area contributed by atoms with Gasteiger partial charge >= 0.3 is 0 Å². The molecule has 1 aromatic heterocycles. The van der Waals surface area contributed by atoms with E-state index in [4.69, 9.17) is 4.74 Å². The summed E-state index contributed by atoms with van der Waals surface area (Å²) in [5.41, 5.74) is 2.58. The molecule has 2 rings (SSSR count). The second kappa shape index (κ2) is 5.25. The maximum absolute atomic E-state index is 12.0. The van der Waals surface area contributed by atoms with Crippen molar-refractivity contribution < 1.29 is 9.47 Å². The molecule has 0 aliphatic rings. The smallest absolute Gasteiger partial charge is 0.227 e. The van der Waals surface area contributed by atoms with Crippen molar-refractivity contribution in [3.63, 3.8) is 0 Å². The summed E-state index contributed by atoms with van der Waals surface area (Å²) in [5.74, 6) is 0.771. The number of methoxy groups -OCH3 is 1. The molecule has 0 fully saturated rings. The second-order valence-corrected chi connectivity index (χ2v) is 4.60. The summed E-state index contributed by atoms with van der Waals surface area (Å²) >= 11 is 0. The third-order valence-electron chi connectivity index (χ3n) is 3.24. The first-order valence-corrected chi connectivity index (χ1v) is 6.37. The van der Waals surface area contributed by atoms with Crippen molar-refractivity contribution in [2.24, 2.45) is 0 Å². The Morgan fingerprint density at radius 3 is 2.72 bits per heavy atom. The Morgan fingerprint density at radius 1 is 1.28 bits per heavy atom. The highest BCUT2D eigenvalue weighted by Gasteiger charge is 2.13. The van der Waals surface area contributed by atoms with Crippen molar-refractivity contribution in [2.45, 2.75) is 33.1 Å². The van der Waals surface area contributed by atoms with Gasteiger partial charge in [0.15, 0.2) is 5.69 Å². The Hall–Kier alpha value is -1.77. The van der Waals surface area contributed by atoms with Crippen LogP contribution >= 0.6 is 0 Å². The molecule has 0 saturated heterocycles. The number of ether oxygens (including phenoxy) is 1. The lowest BCUT2D eigenvalue weighted by atomic mass is 10.0. The summed E-state index contributed by atoms with van der Waals surface area (Å²) in [4.78, 5) is 0. The predicted molar refractivity (Wildman–Crippen MR) is 72.8 cm³/mol. The average Bonchev–Trinajstić information content (AvgIpc) is 2.40. The van der Waals surface area contributed by atoms with E-state index in [2.05, 4.69) is 13.0 Å². The number of unbranched alkanes of at least 4 members (excludes halogenated alkanes) is 1. The molecule has 1 aromatic carbocycles. The SMILES string of the molecule is CCCCc1ccc2c(c1)c(OC)cc(C)[n+]2[O-]. The molecule has 0 amide bonds. The van der Waals surface area contributed by atoms with Gasteiger partial charge in [0.2, 0.25) is 5.52 Å². The number of benzene rings is 1. The van der Waals surface area contributed by atoms with Gasteiger partial charge in [-0.3, -0.25) is 0 Å². The molecular weight excluding hydrogens is 226 g/mol. The quantitative estimate of drug-likeness (QED) is 0.613. The van der Waals surface area contributed by atoms with E-state index < -0.39 is 0 Å². The van der Waals surface area contributed by atoms with E-state index in [1.54, 1.807) is 20.1 Å². The highest BCUT2D eigenvalue weighted by molar-refractivity contribution is 5.83. The predicted octanol–water partition coefficient (Wildman–Crippen LogP) is 3.13. The fourth-order valence-corrected chi connectivity index (χ4v) is 2.18. The van der Waals surface area contributed by atoms with Gasteiger partial charge in [0.25, 0.3) is 0 Å². The number of pyridine rings is 1. The lowest BCUT2D eigenvalue weighted by Crippen LogP contribution is -2.30. The standard InChI is InChI=1S/C15H19NO2/c1-4-5-6-12-7-8-14-13(10-12)15(18-3)9-11(2)16(14)17/h7-10H,4-6H2,1-3H3. The van der Waals surface area contributed by atoms with E-state index in [-0.39, 0.29) is 0 Å². The van der Waals surface area contributed by atoms with Crippen molar-refractivity contribution in [3.05, 3.63) is 40.7 Å². The van der Waals surface area contributed by atoms with Crippen LogP contribution in [0.25, 0.3) is 10.9 Å². The lowest BCUT2D eigenvalue weighted by Gasteiger charge is -2.10. The van der Waals surface area contributed by atoms with E-state index in [1.165, 1.54) is 12.0 Å². The molecule has 18 heavy (non-hydrogen) atoms. The van der Waals surface area contributed by atoms with Gasteiger partial charge in [-0.15, -0.1) is 0 Å². The first-order valence-electron chi connectivity index (χ1n) is 6.37. The topological polar surface area (TPSA) is 36.2 Å². The number of hydrogen-bond acceptors (Lipinski definition) is 2. The van der Waals surface area contributed by atoms with Crippen LogP contribution in [0.2, 0.25) is 0 Å². The number of nitrogens with zero attached hydrogens (tertiary/aromatic N) is 1. The van der Waals surface area contributed by atoms with Crippen LogP contribution in [0.1, 0.15) is 31.0 Å². The van der Waals surface area contributed by atoms with Crippen molar-refractivity contribution in [3.8, 4) is 5.75 Å². The first kappa shape index (κ1) is 12.7. The Bertz CT molecular complexity index is 564. The van der Waals surface area contributed by atoms with Gasteiger partial charge in [0.05, 0.1) is 12.5 Å². The van der Waals surface area contributed by atoms with Gasteiger partial charge in [-0.25, -0.2) is 0 Å². The summed E-state index contributed by atoms with van der Waals surface area (Å²) in [5, 5.41) is 12.9. The molecule has 0 N–H and O–H groups in total. The van der Waals surface area contributed by atoms with E-state index >= 15 is 0 Å². The molecule has 0 aliphatic heterocycles. The number of rotatable bonds is 4. The van der Waals surface area contributed by atoms with E-state index in [0.29, 0.717) is 11.2 Å². The van der Waals surface area contributed by atoms with Gasteiger partial charge in [0, 0.05) is 19.1 Å². The highest BCUT2D eigenvalue weighted by atomic mass is 16.5. The molecule has 0 aliphatic carbocycles. The second-order valence-electron chi connectivity index (χ2n) is 4.60. The van der Waals surface area contributed by atoms with Crippen molar-refractivity contribution in [1.29, 1.82) is 0 Å². The molecule has 0 spiro atoms. The molecule has 0 atom stereocenters. The highest BCUT2D eigenvalue weighted by Crippen LogP contribution is 2.25. The van der Waals surface area contributed by atoms with Gasteiger partial charge in [0.1, 0.15) is 5.75 Å². The molecular formula is C15H19NO2. The van der Waals surface area contributed by atoms with E-state index in [9.17, 15) is 5.21 Å². The van der Waals surface area contributed by atoms with Crippen LogP contribution in [-0.2, 0) is 6.42 Å². The third-order valence-corrected chi connectivity index (χ3v) is 3.24. The zero-order valence-electron chi connectivity index (χ0n) is 11.2. The minimum absolute atomic E-state index is 0.653. The van der Waals surface area contributed by atoms with Crippen LogP contribution in [-0.4, -0.2) is 7.11 Å². The van der Waals surface area contributed by atoms with Crippen molar-refractivity contribution >= 4 is 10.9 Å². The third kappa shape index (κ3) is 2.26. The summed E-state index contributed by atoms with van der Waals surface area (Å²) < 4.78 is 6.33. The molecule has 96 valence electrons. The number of fused-ring (bicyclic) bond motifs is 1. The zero-order valence-corrected chi connectivity index (χ0v) is 11.2. The molecule has 0 radical (unpaired) electrons. The van der Waals surface area contributed by atoms with Gasteiger partial charge in [-0.2, -0.15) is 4.73 Å². The normalized spacial score (nSPS) is 10.8. The van der Waals surface area contributed by atoms with Crippen LogP contribution in [0.3, 0.4) is 0 Å². The van der Waals surface area contributed by atoms with Crippen LogP contribution in [0, 0.1) is 12.1 Å². The molecule has 0 bridgehead atoms. The molecule has 0 saturated carbocycles. The van der Waals surface area contributed by atoms with Gasteiger partial charge < -0.3 is 9.94 Å². The Kier molecular flexibility index (Phi) is 3.70. The van der Waals surface area contributed by atoms with E-state index in [1.807, 2.05) is 12.1 Å². The lowest BCUT2D eigenvalue weighted by molar-refractivity contribution is -0.584. The maximum atomic E-state index is 12.0. The number of aromatic nitrogens is 1. The summed E-state index contributed by atoms with van der Waals surface area (Å²) in [6.45, 7) is 3.97. The van der Waals surface area contributed by atoms with Gasteiger partial charge in [-0.1, -0.05) is 19.4 Å².